The summed E-state index contributed by atoms with van der Waals surface area (Å²) in [4.78, 5) is 18.8. The van der Waals surface area contributed by atoms with Gasteiger partial charge in [0.15, 0.2) is 11.5 Å². The predicted molar refractivity (Wildman–Crippen MR) is 108 cm³/mol. The van der Waals surface area contributed by atoms with Gasteiger partial charge in [-0.2, -0.15) is 0 Å². The third kappa shape index (κ3) is 5.40. The van der Waals surface area contributed by atoms with Crippen molar-refractivity contribution in [3.63, 3.8) is 0 Å². The van der Waals surface area contributed by atoms with Crippen molar-refractivity contribution < 1.29 is 4.79 Å². The minimum Gasteiger partial charge on any atom is -0.368 e. The first-order valence-corrected chi connectivity index (χ1v) is 9.45. The number of amides is 1. The summed E-state index contributed by atoms with van der Waals surface area (Å²) in [7, 11) is 4.04. The molecule has 0 aliphatic carbocycles. The van der Waals surface area contributed by atoms with Gasteiger partial charge in [-0.15, -0.1) is 10.2 Å². The summed E-state index contributed by atoms with van der Waals surface area (Å²) in [6.45, 7) is 5.25. The van der Waals surface area contributed by atoms with E-state index in [-0.39, 0.29) is 5.91 Å². The van der Waals surface area contributed by atoms with E-state index >= 15 is 0 Å². The maximum atomic E-state index is 12.1. The molecule has 0 spiro atoms. The van der Waals surface area contributed by atoms with E-state index in [1.54, 1.807) is 6.07 Å². The van der Waals surface area contributed by atoms with Gasteiger partial charge in [0.2, 0.25) is 0 Å². The fraction of sp³-hybridized carbons (Fsp3) is 0.450. The molecule has 1 aliphatic heterocycles. The third-order valence-electron chi connectivity index (χ3n) is 4.68. The highest BCUT2D eigenvalue weighted by atomic mass is 16.1. The van der Waals surface area contributed by atoms with Crippen LogP contribution in [0.1, 0.15) is 16.9 Å². The van der Waals surface area contributed by atoms with Crippen LogP contribution in [0, 0.1) is 0 Å². The number of para-hydroxylation sites is 1. The van der Waals surface area contributed by atoms with Crippen LogP contribution in [-0.4, -0.2) is 74.4 Å². The second-order valence-electron chi connectivity index (χ2n) is 7.00. The highest BCUT2D eigenvalue weighted by Crippen LogP contribution is 2.18. The summed E-state index contributed by atoms with van der Waals surface area (Å²) in [5, 5.41) is 11.3. The molecule has 0 unspecified atom stereocenters. The lowest BCUT2D eigenvalue weighted by atomic mass is 10.2. The van der Waals surface area contributed by atoms with Gasteiger partial charge in [0, 0.05) is 38.4 Å². The van der Waals surface area contributed by atoms with Crippen LogP contribution in [0.3, 0.4) is 0 Å². The van der Waals surface area contributed by atoms with Gasteiger partial charge in [-0.25, -0.2) is 0 Å². The first-order valence-electron chi connectivity index (χ1n) is 9.45. The molecule has 27 heavy (non-hydrogen) atoms. The van der Waals surface area contributed by atoms with Crippen LogP contribution in [0.5, 0.6) is 0 Å². The van der Waals surface area contributed by atoms with E-state index in [1.807, 2.05) is 26.2 Å². The Morgan fingerprint density at radius 1 is 1.00 bits per heavy atom. The van der Waals surface area contributed by atoms with Crippen LogP contribution in [-0.2, 0) is 0 Å². The van der Waals surface area contributed by atoms with Crippen molar-refractivity contribution in [2.75, 3.05) is 63.2 Å². The Morgan fingerprint density at radius 3 is 2.33 bits per heavy atom. The number of rotatable bonds is 7. The van der Waals surface area contributed by atoms with Crippen LogP contribution in [0.25, 0.3) is 0 Å². The number of carbonyl (C=O) groups excluding carboxylic acids is 1. The molecule has 1 aromatic heterocycles. The van der Waals surface area contributed by atoms with Gasteiger partial charge in [-0.3, -0.25) is 4.79 Å². The van der Waals surface area contributed by atoms with E-state index in [0.717, 1.165) is 45.0 Å². The van der Waals surface area contributed by atoms with Crippen LogP contribution in [0.15, 0.2) is 42.5 Å². The number of carbonyl (C=O) groups is 1. The topological polar surface area (TPSA) is 64.6 Å². The number of hydrogen-bond acceptors (Lipinski definition) is 6. The average Bonchev–Trinajstić information content (AvgIpc) is 2.72. The Morgan fingerprint density at radius 2 is 1.70 bits per heavy atom. The molecular weight excluding hydrogens is 340 g/mol. The molecule has 1 aromatic carbocycles. The molecule has 1 N–H and O–H groups in total. The van der Waals surface area contributed by atoms with Crippen molar-refractivity contribution in [3.8, 4) is 0 Å². The van der Waals surface area contributed by atoms with Crippen molar-refractivity contribution >= 4 is 17.4 Å². The number of anilines is 2. The van der Waals surface area contributed by atoms with Crippen molar-refractivity contribution in [1.29, 1.82) is 0 Å². The molecule has 0 atom stereocenters. The molecule has 0 bridgehead atoms. The van der Waals surface area contributed by atoms with Crippen molar-refractivity contribution in [2.24, 2.45) is 0 Å². The molecular formula is C20H28N6O. The van der Waals surface area contributed by atoms with Crippen LogP contribution < -0.4 is 15.1 Å². The summed E-state index contributed by atoms with van der Waals surface area (Å²) in [6, 6.07) is 14.1. The van der Waals surface area contributed by atoms with Gasteiger partial charge in [-0.05, 0) is 51.3 Å². The lowest BCUT2D eigenvalue weighted by Gasteiger charge is -2.36. The van der Waals surface area contributed by atoms with E-state index in [1.165, 1.54) is 5.69 Å². The quantitative estimate of drug-likeness (QED) is 0.747. The van der Waals surface area contributed by atoms with E-state index < -0.39 is 0 Å². The summed E-state index contributed by atoms with van der Waals surface area (Å²) in [6.07, 6.45) is 0.913. The highest BCUT2D eigenvalue weighted by molar-refractivity contribution is 5.92. The highest BCUT2D eigenvalue weighted by Gasteiger charge is 2.19. The molecule has 0 saturated carbocycles. The maximum Gasteiger partial charge on any atom is 0.271 e. The fourth-order valence-electron chi connectivity index (χ4n) is 3.14. The molecule has 7 nitrogen and oxygen atoms in total. The van der Waals surface area contributed by atoms with E-state index in [2.05, 4.69) is 54.5 Å². The van der Waals surface area contributed by atoms with E-state index in [0.29, 0.717) is 12.2 Å². The lowest BCUT2D eigenvalue weighted by Crippen LogP contribution is -2.46. The number of nitrogens with zero attached hydrogens (tertiary/aromatic N) is 5. The summed E-state index contributed by atoms with van der Waals surface area (Å²) in [5.74, 6) is 0.661. The van der Waals surface area contributed by atoms with Crippen LogP contribution >= 0.6 is 0 Å². The minimum absolute atomic E-state index is 0.165. The zero-order valence-electron chi connectivity index (χ0n) is 16.1. The zero-order chi connectivity index (χ0) is 19.1. The molecule has 1 amide bonds. The smallest absolute Gasteiger partial charge is 0.271 e. The molecule has 7 heteroatoms. The number of piperazine rings is 1. The summed E-state index contributed by atoms with van der Waals surface area (Å²) >= 11 is 0. The van der Waals surface area contributed by atoms with Crippen LogP contribution in [0.4, 0.5) is 11.5 Å². The molecule has 144 valence electrons. The van der Waals surface area contributed by atoms with Crippen molar-refractivity contribution in [3.05, 3.63) is 48.2 Å². The van der Waals surface area contributed by atoms with Gasteiger partial charge in [0.05, 0.1) is 0 Å². The van der Waals surface area contributed by atoms with Gasteiger partial charge >= 0.3 is 0 Å². The molecule has 0 radical (unpaired) electrons. The van der Waals surface area contributed by atoms with Crippen molar-refractivity contribution in [1.82, 2.24) is 20.4 Å². The predicted octanol–water partition coefficient (Wildman–Crippen LogP) is 1.48. The molecule has 1 fully saturated rings. The van der Waals surface area contributed by atoms with E-state index in [9.17, 15) is 4.79 Å². The minimum atomic E-state index is -0.165. The van der Waals surface area contributed by atoms with Gasteiger partial charge in [-0.1, -0.05) is 18.2 Å². The Kier molecular flexibility index (Phi) is 6.59. The number of aromatic nitrogens is 2. The molecule has 1 saturated heterocycles. The monoisotopic (exact) mass is 368 g/mol. The first kappa shape index (κ1) is 19.1. The van der Waals surface area contributed by atoms with E-state index in [4.69, 9.17) is 0 Å². The van der Waals surface area contributed by atoms with Crippen molar-refractivity contribution in [2.45, 2.75) is 6.42 Å². The summed E-state index contributed by atoms with van der Waals surface area (Å²) in [5.41, 5.74) is 1.62. The number of nitrogens with one attached hydrogen (secondary N) is 1. The number of benzene rings is 1. The summed E-state index contributed by atoms with van der Waals surface area (Å²) < 4.78 is 0. The molecule has 1 aliphatic rings. The largest absolute Gasteiger partial charge is 0.368 e. The SMILES string of the molecule is CN(C)CCCNC(=O)c1ccc(N2CCN(c3ccccc3)CC2)nn1. The number of hydrogen-bond donors (Lipinski definition) is 1. The Labute approximate surface area is 161 Å². The molecule has 2 heterocycles. The standard InChI is InChI=1S/C20H28N6O/c1-24(2)12-6-11-21-20(27)18-9-10-19(23-22-18)26-15-13-25(14-16-26)17-7-4-3-5-8-17/h3-5,7-10H,6,11-16H2,1-2H3,(H,21,27). The zero-order valence-corrected chi connectivity index (χ0v) is 16.1. The Bertz CT molecular complexity index is 711. The lowest BCUT2D eigenvalue weighted by molar-refractivity contribution is 0.0946. The molecule has 2 aromatic rings. The Hall–Kier alpha value is -2.67. The van der Waals surface area contributed by atoms with Crippen LogP contribution in [0.2, 0.25) is 0 Å². The van der Waals surface area contributed by atoms with Gasteiger partial charge in [0.25, 0.3) is 5.91 Å². The average molecular weight is 368 g/mol. The molecule has 3 rings (SSSR count). The first-order chi connectivity index (χ1) is 13.1. The van der Waals surface area contributed by atoms with Gasteiger partial charge in [0.1, 0.15) is 0 Å². The van der Waals surface area contributed by atoms with Gasteiger partial charge < -0.3 is 20.0 Å². The third-order valence-corrected chi connectivity index (χ3v) is 4.68. The normalized spacial score (nSPS) is 14.5. The second kappa shape index (κ2) is 9.32. The Balaban J connectivity index is 1.48. The second-order valence-corrected chi connectivity index (χ2v) is 7.00. The maximum absolute atomic E-state index is 12.1. The fourth-order valence-corrected chi connectivity index (χ4v) is 3.14.